The van der Waals surface area contributed by atoms with Crippen LogP contribution in [0.2, 0.25) is 0 Å². The summed E-state index contributed by atoms with van der Waals surface area (Å²) in [5.41, 5.74) is 7.25. The van der Waals surface area contributed by atoms with Crippen LogP contribution in [0.1, 0.15) is 32.1 Å². The van der Waals surface area contributed by atoms with E-state index in [0.717, 1.165) is 12.3 Å². The van der Waals surface area contributed by atoms with Gasteiger partial charge < -0.3 is 10.8 Å². The fraction of sp³-hybridized carbons (Fsp3) is 0.667. The molecule has 4 atom stereocenters. The minimum Gasteiger partial charge on any atom is -0.481 e. The van der Waals surface area contributed by atoms with Crippen molar-refractivity contribution in [3.63, 3.8) is 0 Å². The SMILES string of the molecule is NC[C@]1(CC(=O)O)C[C@H]2CC(CC3C=CC3)=C[C@H]21. The highest BCUT2D eigenvalue weighted by Gasteiger charge is 2.54. The molecule has 0 aromatic carbocycles. The van der Waals surface area contributed by atoms with Crippen LogP contribution in [0, 0.1) is 23.2 Å². The zero-order chi connectivity index (χ0) is 12.8. The Labute approximate surface area is 108 Å². The molecule has 3 heteroatoms. The fourth-order valence-corrected chi connectivity index (χ4v) is 4.05. The molecule has 98 valence electrons. The number of carboxylic acid groups (broad SMARTS) is 1. The van der Waals surface area contributed by atoms with Crippen molar-refractivity contribution in [2.24, 2.45) is 28.9 Å². The summed E-state index contributed by atoms with van der Waals surface area (Å²) in [6.45, 7) is 0.508. The van der Waals surface area contributed by atoms with E-state index in [4.69, 9.17) is 10.8 Å². The van der Waals surface area contributed by atoms with Gasteiger partial charge in [0, 0.05) is 0 Å². The summed E-state index contributed by atoms with van der Waals surface area (Å²) >= 11 is 0. The van der Waals surface area contributed by atoms with Crippen LogP contribution in [0.5, 0.6) is 0 Å². The van der Waals surface area contributed by atoms with E-state index in [1.165, 1.54) is 19.3 Å². The third-order valence-corrected chi connectivity index (χ3v) is 5.10. The summed E-state index contributed by atoms with van der Waals surface area (Å²) in [6.07, 6.45) is 11.7. The molecule has 3 nitrogen and oxygen atoms in total. The Balaban J connectivity index is 1.68. The predicted octanol–water partition coefficient (Wildman–Crippen LogP) is 2.34. The van der Waals surface area contributed by atoms with Crippen LogP contribution in [0.25, 0.3) is 0 Å². The van der Waals surface area contributed by atoms with E-state index in [0.29, 0.717) is 18.4 Å². The maximum absolute atomic E-state index is 11.0. The molecule has 0 saturated heterocycles. The van der Waals surface area contributed by atoms with Crippen LogP contribution in [0.15, 0.2) is 23.8 Å². The van der Waals surface area contributed by atoms with Crippen molar-refractivity contribution in [2.45, 2.75) is 32.1 Å². The van der Waals surface area contributed by atoms with Crippen LogP contribution in [-0.4, -0.2) is 17.6 Å². The number of fused-ring (bicyclic) bond motifs is 1. The van der Waals surface area contributed by atoms with E-state index in [-0.39, 0.29) is 11.8 Å². The van der Waals surface area contributed by atoms with Crippen LogP contribution in [0.4, 0.5) is 0 Å². The smallest absolute Gasteiger partial charge is 0.303 e. The van der Waals surface area contributed by atoms with Gasteiger partial charge in [-0.25, -0.2) is 0 Å². The summed E-state index contributed by atoms with van der Waals surface area (Å²) < 4.78 is 0. The van der Waals surface area contributed by atoms with Gasteiger partial charge in [-0.1, -0.05) is 23.8 Å². The normalized spacial score (nSPS) is 40.7. The van der Waals surface area contributed by atoms with E-state index in [9.17, 15) is 4.79 Å². The summed E-state index contributed by atoms with van der Waals surface area (Å²) in [5.74, 6) is 1.13. The van der Waals surface area contributed by atoms with Gasteiger partial charge in [0.15, 0.2) is 0 Å². The number of hydrogen-bond acceptors (Lipinski definition) is 2. The predicted molar refractivity (Wildman–Crippen MR) is 69.9 cm³/mol. The lowest BCUT2D eigenvalue weighted by molar-refractivity contribution is -0.144. The third kappa shape index (κ3) is 1.81. The lowest BCUT2D eigenvalue weighted by atomic mass is 9.53. The van der Waals surface area contributed by atoms with Crippen molar-refractivity contribution in [3.8, 4) is 0 Å². The van der Waals surface area contributed by atoms with Gasteiger partial charge in [0.05, 0.1) is 6.42 Å². The van der Waals surface area contributed by atoms with Crippen molar-refractivity contribution in [3.05, 3.63) is 23.8 Å². The molecule has 1 saturated carbocycles. The average Bonchev–Trinajstić information content (AvgIpc) is 2.59. The first-order chi connectivity index (χ1) is 8.63. The molecule has 0 bridgehead atoms. The average molecular weight is 247 g/mol. The zero-order valence-corrected chi connectivity index (χ0v) is 10.6. The maximum Gasteiger partial charge on any atom is 0.303 e. The van der Waals surface area contributed by atoms with Gasteiger partial charge in [-0.2, -0.15) is 0 Å². The standard InChI is InChI=1S/C15H21NO2/c16-9-15(8-14(17)18)7-12-5-11(6-13(12)15)4-10-2-1-3-10/h1-2,6,10,12-13H,3-5,7-9,16H2,(H,17,18)/t10?,12-,13-,15-/m1/s1. The van der Waals surface area contributed by atoms with Crippen molar-refractivity contribution >= 4 is 5.97 Å². The molecular formula is C15H21NO2. The van der Waals surface area contributed by atoms with Gasteiger partial charge in [0.25, 0.3) is 0 Å². The molecule has 0 spiro atoms. The molecule has 1 unspecified atom stereocenters. The summed E-state index contributed by atoms with van der Waals surface area (Å²) in [6, 6.07) is 0. The topological polar surface area (TPSA) is 63.3 Å². The molecule has 0 aromatic rings. The Morgan fingerprint density at radius 1 is 1.56 bits per heavy atom. The summed E-state index contributed by atoms with van der Waals surface area (Å²) in [5, 5.41) is 9.04. The molecule has 3 aliphatic rings. The number of carbonyl (C=O) groups is 1. The molecule has 3 rings (SSSR count). The van der Waals surface area contributed by atoms with Gasteiger partial charge in [-0.15, -0.1) is 0 Å². The lowest BCUT2D eigenvalue weighted by Crippen LogP contribution is -2.51. The fourth-order valence-electron chi connectivity index (χ4n) is 4.05. The van der Waals surface area contributed by atoms with Crippen molar-refractivity contribution in [1.29, 1.82) is 0 Å². The van der Waals surface area contributed by atoms with Crippen molar-refractivity contribution in [2.75, 3.05) is 6.54 Å². The Hall–Kier alpha value is -1.09. The van der Waals surface area contributed by atoms with Crippen LogP contribution >= 0.6 is 0 Å². The maximum atomic E-state index is 11.0. The first kappa shape index (κ1) is 12.0. The Kier molecular flexibility index (Phi) is 2.81. The van der Waals surface area contributed by atoms with E-state index in [1.807, 2.05) is 0 Å². The molecule has 0 radical (unpaired) electrons. The first-order valence-corrected chi connectivity index (χ1v) is 6.91. The zero-order valence-electron chi connectivity index (χ0n) is 10.6. The minimum absolute atomic E-state index is 0.145. The Morgan fingerprint density at radius 3 is 2.89 bits per heavy atom. The Bertz CT molecular complexity index is 426. The van der Waals surface area contributed by atoms with Gasteiger partial charge in [-0.3, -0.25) is 4.79 Å². The van der Waals surface area contributed by atoms with Crippen molar-refractivity contribution in [1.82, 2.24) is 0 Å². The van der Waals surface area contributed by atoms with Crippen LogP contribution in [-0.2, 0) is 4.79 Å². The molecule has 0 heterocycles. The monoisotopic (exact) mass is 247 g/mol. The minimum atomic E-state index is -0.706. The molecule has 0 aliphatic heterocycles. The highest BCUT2D eigenvalue weighted by Crippen LogP contribution is 2.59. The second-order valence-electron chi connectivity index (χ2n) is 6.28. The quantitative estimate of drug-likeness (QED) is 0.733. The molecule has 3 aliphatic carbocycles. The molecule has 3 N–H and O–H groups in total. The van der Waals surface area contributed by atoms with E-state index >= 15 is 0 Å². The van der Waals surface area contributed by atoms with E-state index in [2.05, 4.69) is 18.2 Å². The molecule has 18 heavy (non-hydrogen) atoms. The largest absolute Gasteiger partial charge is 0.481 e. The third-order valence-electron chi connectivity index (χ3n) is 5.10. The second-order valence-corrected chi connectivity index (χ2v) is 6.28. The second kappa shape index (κ2) is 4.23. The number of hydrogen-bond donors (Lipinski definition) is 2. The molecule has 1 fully saturated rings. The summed E-state index contributed by atoms with van der Waals surface area (Å²) in [7, 11) is 0. The molecule has 0 amide bonds. The van der Waals surface area contributed by atoms with Crippen LogP contribution < -0.4 is 5.73 Å². The van der Waals surface area contributed by atoms with Gasteiger partial charge in [-0.05, 0) is 55.4 Å². The lowest BCUT2D eigenvalue weighted by Gasteiger charge is -2.51. The number of aliphatic carboxylic acids is 1. The number of rotatable bonds is 5. The highest BCUT2D eigenvalue weighted by molar-refractivity contribution is 5.68. The number of nitrogens with two attached hydrogens (primary N) is 1. The van der Waals surface area contributed by atoms with E-state index < -0.39 is 5.97 Å². The Morgan fingerprint density at radius 2 is 2.33 bits per heavy atom. The highest BCUT2D eigenvalue weighted by atomic mass is 16.4. The van der Waals surface area contributed by atoms with Gasteiger partial charge in [0.2, 0.25) is 0 Å². The summed E-state index contributed by atoms with van der Waals surface area (Å²) in [4.78, 5) is 11.0. The molecular weight excluding hydrogens is 226 g/mol. The number of carboxylic acids is 1. The van der Waals surface area contributed by atoms with Gasteiger partial charge >= 0.3 is 5.97 Å². The van der Waals surface area contributed by atoms with Gasteiger partial charge in [0.1, 0.15) is 0 Å². The van der Waals surface area contributed by atoms with Crippen LogP contribution in [0.3, 0.4) is 0 Å². The van der Waals surface area contributed by atoms with E-state index in [1.54, 1.807) is 5.57 Å². The first-order valence-electron chi connectivity index (χ1n) is 6.91. The molecule has 0 aromatic heterocycles. The van der Waals surface area contributed by atoms with Crippen molar-refractivity contribution < 1.29 is 9.90 Å². The number of allylic oxidation sites excluding steroid dienone is 4.